The van der Waals surface area contributed by atoms with Crippen LogP contribution in [0, 0.1) is 53.0 Å². The van der Waals surface area contributed by atoms with Crippen LogP contribution in [-0.2, 0) is 0 Å². The predicted molar refractivity (Wildman–Crippen MR) is 173 cm³/mol. The molecule has 0 heterocycles. The van der Waals surface area contributed by atoms with E-state index in [2.05, 4.69) is 6.92 Å². The van der Waals surface area contributed by atoms with E-state index in [0.29, 0.717) is 36.8 Å². The van der Waals surface area contributed by atoms with Crippen LogP contribution in [-0.4, -0.2) is 12.3 Å². The zero-order valence-corrected chi connectivity index (χ0v) is 27.8. The second-order valence-corrected chi connectivity index (χ2v) is 14.6. The Balaban J connectivity index is 1.09. The van der Waals surface area contributed by atoms with Crippen molar-refractivity contribution in [2.45, 2.75) is 122 Å². The Morgan fingerprint density at radius 2 is 1.19 bits per heavy atom. The molecule has 0 unspecified atom stereocenters. The number of hydrogen-bond acceptors (Lipinski definition) is 1. The van der Waals surface area contributed by atoms with Gasteiger partial charge in [-0.05, 0) is 130 Å². The van der Waals surface area contributed by atoms with E-state index >= 15 is 8.78 Å². The summed E-state index contributed by atoms with van der Waals surface area (Å²) in [5.74, 6) is -1.49. The zero-order chi connectivity index (χ0) is 34.5. The molecule has 0 aromatic heterocycles. The molecule has 3 aliphatic carbocycles. The molecule has 3 aliphatic rings. The quantitative estimate of drug-likeness (QED) is 0.169. The molecule has 266 valence electrons. The summed E-state index contributed by atoms with van der Waals surface area (Å²) >= 11 is 0. The van der Waals surface area contributed by atoms with Crippen molar-refractivity contribution in [3.05, 3.63) is 59.4 Å². The summed E-state index contributed by atoms with van der Waals surface area (Å²) in [5.41, 5.74) is -1.52. The van der Waals surface area contributed by atoms with Crippen molar-refractivity contribution in [2.75, 3.05) is 0 Å². The molecule has 0 amide bonds. The highest BCUT2D eigenvalue weighted by Crippen LogP contribution is 2.48. The number of unbranched alkanes of at least 4 members (excludes halogenated alkanes) is 2. The Bertz CT molecular complexity index is 1340. The molecule has 1 nitrogen and oxygen atoms in total. The first-order valence-electron chi connectivity index (χ1n) is 17.9. The van der Waals surface area contributed by atoms with Crippen molar-refractivity contribution < 1.29 is 39.9 Å². The highest BCUT2D eigenvalue weighted by Gasteiger charge is 2.45. The van der Waals surface area contributed by atoms with Gasteiger partial charge in [0.1, 0.15) is 23.2 Å². The lowest BCUT2D eigenvalue weighted by Gasteiger charge is -2.42. The van der Waals surface area contributed by atoms with Gasteiger partial charge in [0.25, 0.3) is 0 Å². The van der Waals surface area contributed by atoms with Crippen molar-refractivity contribution in [1.82, 2.24) is 0 Å². The van der Waals surface area contributed by atoms with Gasteiger partial charge in [0, 0.05) is 23.3 Å². The summed E-state index contributed by atoms with van der Waals surface area (Å²) < 4.78 is 117. The van der Waals surface area contributed by atoms with E-state index in [0.717, 1.165) is 48.8 Å². The average molecular weight is 685 g/mol. The van der Waals surface area contributed by atoms with Crippen LogP contribution >= 0.6 is 0 Å². The minimum atomic E-state index is -4.77. The van der Waals surface area contributed by atoms with Gasteiger partial charge in [-0.15, -0.1) is 0 Å². The molecule has 0 aliphatic heterocycles. The molecule has 0 radical (unpaired) electrons. The first kappa shape index (κ1) is 36.7. The summed E-state index contributed by atoms with van der Waals surface area (Å²) in [6.07, 6.45) is 9.55. The van der Waals surface area contributed by atoms with Gasteiger partial charge in [-0.1, -0.05) is 45.4 Å². The van der Waals surface area contributed by atoms with Gasteiger partial charge in [0.15, 0.2) is 0 Å². The summed E-state index contributed by atoms with van der Waals surface area (Å²) in [7, 11) is 0. The molecular formula is C39H48F8O. The molecule has 5 rings (SSSR count). The van der Waals surface area contributed by atoms with Gasteiger partial charge < -0.3 is 4.74 Å². The van der Waals surface area contributed by atoms with Crippen molar-refractivity contribution in [1.29, 1.82) is 0 Å². The van der Waals surface area contributed by atoms with Gasteiger partial charge in [-0.3, -0.25) is 0 Å². The van der Waals surface area contributed by atoms with E-state index < -0.39 is 47.0 Å². The molecule has 48 heavy (non-hydrogen) atoms. The molecular weight excluding hydrogens is 636 g/mol. The fourth-order valence-electron chi connectivity index (χ4n) is 8.76. The predicted octanol–water partition coefficient (Wildman–Crippen LogP) is 13.3. The van der Waals surface area contributed by atoms with Crippen molar-refractivity contribution in [2.24, 2.45) is 35.5 Å². The van der Waals surface area contributed by atoms with Gasteiger partial charge in [-0.2, -0.15) is 22.0 Å². The van der Waals surface area contributed by atoms with Gasteiger partial charge in [-0.25, -0.2) is 13.2 Å². The lowest BCUT2D eigenvalue weighted by atomic mass is 9.65. The number of allylic oxidation sites excluding steroid dienone is 1. The van der Waals surface area contributed by atoms with Crippen LogP contribution in [0.2, 0.25) is 0 Å². The first-order valence-corrected chi connectivity index (χ1v) is 17.9. The average Bonchev–Trinajstić information content (AvgIpc) is 3.04. The Hall–Kier alpha value is -2.58. The van der Waals surface area contributed by atoms with Crippen LogP contribution < -0.4 is 4.74 Å². The van der Waals surface area contributed by atoms with Crippen molar-refractivity contribution in [3.8, 4) is 16.9 Å². The largest absolute Gasteiger partial charge is 0.432 e. The maximum absolute atomic E-state index is 15.3. The minimum Gasteiger partial charge on any atom is -0.432 e. The van der Waals surface area contributed by atoms with Crippen molar-refractivity contribution in [3.63, 3.8) is 0 Å². The number of hydrogen-bond donors (Lipinski definition) is 0. The maximum Gasteiger partial charge on any atom is 0.409 e. The Labute approximate surface area is 279 Å². The number of benzene rings is 2. The number of rotatable bonds is 11. The van der Waals surface area contributed by atoms with E-state index in [4.69, 9.17) is 4.74 Å². The molecule has 3 saturated carbocycles. The molecule has 0 N–H and O–H groups in total. The Kier molecular flexibility index (Phi) is 12.2. The molecule has 9 heteroatoms. The third-order valence-corrected chi connectivity index (χ3v) is 11.5. The molecule has 3 fully saturated rings. The van der Waals surface area contributed by atoms with Crippen LogP contribution in [0.3, 0.4) is 0 Å². The third kappa shape index (κ3) is 9.56. The second-order valence-electron chi connectivity index (χ2n) is 14.6. The number of ether oxygens (including phenoxy) is 1. The lowest BCUT2D eigenvalue weighted by Crippen LogP contribution is -2.38. The monoisotopic (exact) mass is 684 g/mol. The fourth-order valence-corrected chi connectivity index (χ4v) is 8.76. The summed E-state index contributed by atoms with van der Waals surface area (Å²) in [6, 6.07) is 4.28. The Morgan fingerprint density at radius 1 is 0.667 bits per heavy atom. The zero-order valence-electron chi connectivity index (χ0n) is 27.8. The molecule has 0 bridgehead atoms. The van der Waals surface area contributed by atoms with Crippen LogP contribution in [0.1, 0.15) is 115 Å². The summed E-state index contributed by atoms with van der Waals surface area (Å²) in [6.45, 7) is 2.26. The van der Waals surface area contributed by atoms with E-state index in [1.54, 1.807) is 0 Å². The molecule has 2 aromatic carbocycles. The van der Waals surface area contributed by atoms with Crippen LogP contribution in [0.25, 0.3) is 17.2 Å². The lowest BCUT2D eigenvalue weighted by molar-refractivity contribution is -0.224. The number of halogens is 8. The van der Waals surface area contributed by atoms with E-state index in [1.807, 2.05) is 0 Å². The molecule has 2 aromatic rings. The molecule has 0 atom stereocenters. The Morgan fingerprint density at radius 3 is 1.69 bits per heavy atom. The minimum absolute atomic E-state index is 0.253. The topological polar surface area (TPSA) is 9.23 Å². The fraction of sp³-hybridized carbons (Fsp3) is 0.641. The standard InChI is InChI=1S/C39H48F8O/c1-2-3-4-5-25-6-8-26(9-7-25)27-10-12-28(13-11-27)29-14-16-31(17-15-29)39(46,47)48-32-18-19-33(37(42)24-32)30-22-35(40)34(36(41)23-30)20-21-38(43,44)45/h18-29,31H,2-17H2,1H3/b21-20+. The highest BCUT2D eigenvalue weighted by atomic mass is 19.4. The smallest absolute Gasteiger partial charge is 0.409 e. The van der Waals surface area contributed by atoms with Gasteiger partial charge in [0.05, 0.1) is 5.92 Å². The van der Waals surface area contributed by atoms with E-state index in [9.17, 15) is 26.3 Å². The third-order valence-electron chi connectivity index (χ3n) is 11.5. The molecule has 0 spiro atoms. The van der Waals surface area contributed by atoms with Gasteiger partial charge in [0.2, 0.25) is 0 Å². The highest BCUT2D eigenvalue weighted by molar-refractivity contribution is 5.68. The second kappa shape index (κ2) is 16.0. The van der Waals surface area contributed by atoms with E-state index in [-0.39, 0.29) is 23.3 Å². The SMILES string of the molecule is CCCCCC1CCC(C2CCC(C3CCC(C(F)(F)Oc4ccc(-c5cc(F)c(/C=C/C(F)(F)F)c(F)c5)c(F)c4)CC3)CC2)CC1. The number of alkyl halides is 5. The van der Waals surface area contributed by atoms with Crippen LogP contribution in [0.15, 0.2) is 36.4 Å². The van der Waals surface area contributed by atoms with Crippen LogP contribution in [0.4, 0.5) is 35.1 Å². The van der Waals surface area contributed by atoms with Crippen LogP contribution in [0.5, 0.6) is 5.75 Å². The normalized spacial score (nSPS) is 27.4. The summed E-state index contributed by atoms with van der Waals surface area (Å²) in [4.78, 5) is 0. The first-order chi connectivity index (χ1) is 22.8. The van der Waals surface area contributed by atoms with Gasteiger partial charge >= 0.3 is 12.3 Å². The summed E-state index contributed by atoms with van der Waals surface area (Å²) in [5, 5.41) is 0. The van der Waals surface area contributed by atoms with Crippen molar-refractivity contribution >= 4 is 6.08 Å². The molecule has 0 saturated heterocycles. The maximum atomic E-state index is 15.3. The van der Waals surface area contributed by atoms with E-state index in [1.165, 1.54) is 77.0 Å².